The summed E-state index contributed by atoms with van der Waals surface area (Å²) in [4.78, 5) is 10.6. The lowest BCUT2D eigenvalue weighted by Gasteiger charge is -2.18. The molecule has 5 N–H and O–H groups in total. The van der Waals surface area contributed by atoms with Gasteiger partial charge < -0.3 is 20.4 Å². The van der Waals surface area contributed by atoms with Crippen molar-refractivity contribution >= 4 is 15.2 Å². The van der Waals surface area contributed by atoms with Gasteiger partial charge in [-0.3, -0.25) is 9.35 Å². The highest BCUT2D eigenvalue weighted by molar-refractivity contribution is 8.01. The summed E-state index contributed by atoms with van der Waals surface area (Å²) in [5, 5.41) is 32.7. The number of hydrogen-bond donors (Lipinski definition) is 5. The van der Waals surface area contributed by atoms with E-state index in [1.807, 2.05) is 0 Å². The maximum atomic E-state index is 10.6. The third-order valence-electron chi connectivity index (χ3n) is 1.40. The van der Waals surface area contributed by atoms with Crippen LogP contribution in [0.2, 0.25) is 0 Å². The van der Waals surface area contributed by atoms with Crippen LogP contribution in [-0.2, 0) is 14.9 Å². The largest absolute Gasteiger partial charge is 0.394 e. The third-order valence-corrected chi connectivity index (χ3v) is 2.15. The Morgan fingerprint density at radius 3 is 1.93 bits per heavy atom. The first kappa shape index (κ1) is 13.4. The Kier molecular flexibility index (Phi) is 4.58. The molecule has 0 aromatic rings. The summed E-state index contributed by atoms with van der Waals surface area (Å²) in [6, 6.07) is 0. The Morgan fingerprint density at radius 1 is 1.21 bits per heavy atom. The van der Waals surface area contributed by atoms with Crippen molar-refractivity contribution in [2.75, 3.05) is 6.61 Å². The summed E-state index contributed by atoms with van der Waals surface area (Å²) in [7, 11) is -5.13. The Labute approximate surface area is 79.2 Å². The van der Waals surface area contributed by atoms with E-state index in [2.05, 4.69) is 0 Å². The molecular formula is C5H10O8S. The molecule has 0 radical (unpaired) electrons. The van der Waals surface area contributed by atoms with Gasteiger partial charge >= 0.3 is 15.2 Å². The van der Waals surface area contributed by atoms with Crippen molar-refractivity contribution in [1.29, 1.82) is 0 Å². The van der Waals surface area contributed by atoms with Crippen molar-refractivity contribution in [2.45, 2.75) is 18.3 Å². The molecule has 0 bridgehead atoms. The van der Waals surface area contributed by atoms with Crippen LogP contribution in [0.1, 0.15) is 0 Å². The summed E-state index contributed by atoms with van der Waals surface area (Å²) in [5.41, 5.74) is 0. The second kappa shape index (κ2) is 4.77. The third kappa shape index (κ3) is 3.29. The minimum Gasteiger partial charge on any atom is -0.394 e. The highest BCUT2D eigenvalue weighted by atomic mass is 32.2. The highest BCUT2D eigenvalue weighted by Crippen LogP contribution is 2.04. The van der Waals surface area contributed by atoms with Gasteiger partial charge in [0.15, 0.2) is 6.10 Å². The van der Waals surface area contributed by atoms with Crippen LogP contribution < -0.4 is 0 Å². The number of aliphatic hydroxyl groups excluding tert-OH is 4. The zero-order valence-electron chi connectivity index (χ0n) is 6.81. The zero-order chi connectivity index (χ0) is 11.5. The first-order chi connectivity index (χ1) is 6.21. The molecule has 84 valence electrons. The van der Waals surface area contributed by atoms with Crippen LogP contribution in [0, 0.1) is 0 Å². The van der Waals surface area contributed by atoms with E-state index in [-0.39, 0.29) is 0 Å². The molecule has 0 amide bonds. The number of aliphatic hydroxyl groups is 4. The van der Waals surface area contributed by atoms with E-state index >= 15 is 0 Å². The minimum atomic E-state index is -5.13. The molecule has 0 spiro atoms. The molecule has 0 saturated heterocycles. The molecule has 8 nitrogen and oxygen atoms in total. The van der Waals surface area contributed by atoms with E-state index in [0.717, 1.165) is 0 Å². The molecule has 0 aliphatic heterocycles. The Balaban J connectivity index is 4.64. The molecule has 0 aliphatic rings. The average molecular weight is 230 g/mol. The van der Waals surface area contributed by atoms with Crippen molar-refractivity contribution in [2.24, 2.45) is 0 Å². The highest BCUT2D eigenvalue weighted by Gasteiger charge is 2.36. The average Bonchev–Trinajstić information content (AvgIpc) is 2.11. The second-order valence-electron chi connectivity index (χ2n) is 2.48. The molecule has 0 saturated carbocycles. The van der Waals surface area contributed by atoms with Gasteiger partial charge in [-0.25, -0.2) is 0 Å². The first-order valence-corrected chi connectivity index (χ1v) is 4.82. The molecule has 14 heavy (non-hydrogen) atoms. The van der Waals surface area contributed by atoms with E-state index < -0.39 is 40.2 Å². The minimum absolute atomic E-state index is 0.975. The van der Waals surface area contributed by atoms with E-state index in [1.165, 1.54) is 0 Å². The van der Waals surface area contributed by atoms with Gasteiger partial charge in [-0.1, -0.05) is 0 Å². The quantitative estimate of drug-likeness (QED) is 0.311. The molecule has 0 fully saturated rings. The maximum Gasteiger partial charge on any atom is 0.331 e. The van der Waals surface area contributed by atoms with Gasteiger partial charge in [-0.2, -0.15) is 8.42 Å². The summed E-state index contributed by atoms with van der Waals surface area (Å²) in [6.45, 7) is -0.975. The summed E-state index contributed by atoms with van der Waals surface area (Å²) >= 11 is 0. The lowest BCUT2D eigenvalue weighted by atomic mass is 10.1. The lowest BCUT2D eigenvalue weighted by molar-refractivity contribution is -0.132. The topological polar surface area (TPSA) is 152 Å². The van der Waals surface area contributed by atoms with Crippen LogP contribution in [0.4, 0.5) is 0 Å². The monoisotopic (exact) mass is 230 g/mol. The zero-order valence-corrected chi connectivity index (χ0v) is 7.62. The lowest BCUT2D eigenvalue weighted by Crippen LogP contribution is -2.46. The summed E-state index contributed by atoms with van der Waals surface area (Å²) in [5.74, 6) is 0. The standard InChI is InChI=1S/C5H10O8S/c6-1-2(7)3(8)4(9)5(10)14(11,12)13/h2-4,6-9H,1H2,(H,11,12,13)/t2-,3+,4-/m1/s1. The summed E-state index contributed by atoms with van der Waals surface area (Å²) in [6.07, 6.45) is -6.57. The maximum absolute atomic E-state index is 10.6. The Morgan fingerprint density at radius 2 is 1.64 bits per heavy atom. The fourth-order valence-electron chi connectivity index (χ4n) is 0.610. The smallest absolute Gasteiger partial charge is 0.331 e. The van der Waals surface area contributed by atoms with E-state index in [4.69, 9.17) is 25.0 Å². The van der Waals surface area contributed by atoms with Crippen molar-refractivity contribution < 1.29 is 38.2 Å². The molecular weight excluding hydrogens is 220 g/mol. The predicted octanol–water partition coefficient (Wildman–Crippen LogP) is -3.52. The SMILES string of the molecule is O=C([C@H](O)[C@@H](O)[C@H](O)CO)S(=O)(=O)O. The van der Waals surface area contributed by atoms with E-state index in [9.17, 15) is 13.2 Å². The molecule has 0 aromatic heterocycles. The molecule has 0 heterocycles. The van der Waals surface area contributed by atoms with Crippen molar-refractivity contribution in [1.82, 2.24) is 0 Å². The molecule has 0 rings (SSSR count). The Bertz CT molecular complexity index is 295. The van der Waals surface area contributed by atoms with Crippen molar-refractivity contribution in [3.63, 3.8) is 0 Å². The van der Waals surface area contributed by atoms with Gasteiger partial charge in [0.2, 0.25) is 0 Å². The van der Waals surface area contributed by atoms with Gasteiger partial charge in [-0.05, 0) is 0 Å². The fraction of sp³-hybridized carbons (Fsp3) is 0.800. The van der Waals surface area contributed by atoms with E-state index in [0.29, 0.717) is 0 Å². The van der Waals surface area contributed by atoms with Crippen LogP contribution in [0.25, 0.3) is 0 Å². The number of rotatable bonds is 4. The van der Waals surface area contributed by atoms with E-state index in [1.54, 1.807) is 0 Å². The van der Waals surface area contributed by atoms with Crippen molar-refractivity contribution in [3.8, 4) is 0 Å². The number of carbonyl (C=O) groups excluding carboxylic acids is 1. The fourth-order valence-corrected chi connectivity index (χ4v) is 1.06. The summed E-state index contributed by atoms with van der Waals surface area (Å²) < 4.78 is 28.5. The van der Waals surface area contributed by atoms with Crippen LogP contribution in [0.5, 0.6) is 0 Å². The van der Waals surface area contributed by atoms with Gasteiger partial charge in [0, 0.05) is 0 Å². The number of carbonyl (C=O) groups is 1. The van der Waals surface area contributed by atoms with Gasteiger partial charge in [-0.15, -0.1) is 0 Å². The first-order valence-electron chi connectivity index (χ1n) is 3.38. The van der Waals surface area contributed by atoms with Crippen LogP contribution >= 0.6 is 0 Å². The van der Waals surface area contributed by atoms with Gasteiger partial charge in [0.05, 0.1) is 6.61 Å². The normalized spacial score (nSPS) is 18.6. The van der Waals surface area contributed by atoms with Gasteiger partial charge in [0.25, 0.3) is 0 Å². The molecule has 0 aromatic carbocycles. The van der Waals surface area contributed by atoms with Crippen molar-refractivity contribution in [3.05, 3.63) is 0 Å². The predicted molar refractivity (Wildman–Crippen MR) is 41.7 cm³/mol. The molecule has 0 aliphatic carbocycles. The van der Waals surface area contributed by atoms with Gasteiger partial charge in [0.1, 0.15) is 12.2 Å². The van der Waals surface area contributed by atoms with Crippen LogP contribution in [0.15, 0.2) is 0 Å². The van der Waals surface area contributed by atoms with Crippen LogP contribution in [-0.4, -0.2) is 63.4 Å². The molecule has 9 heteroatoms. The van der Waals surface area contributed by atoms with Crippen LogP contribution in [0.3, 0.4) is 0 Å². The number of hydrogen-bond acceptors (Lipinski definition) is 7. The molecule has 3 atom stereocenters. The molecule has 0 unspecified atom stereocenters. The second-order valence-corrected chi connectivity index (χ2v) is 3.83. The Hall–Kier alpha value is -0.580.